The van der Waals surface area contributed by atoms with Crippen molar-refractivity contribution in [1.29, 1.82) is 0 Å². The number of nitrogens with zero attached hydrogens (tertiary/aromatic N) is 3. The van der Waals surface area contributed by atoms with Crippen molar-refractivity contribution < 1.29 is 13.2 Å². The van der Waals surface area contributed by atoms with Crippen molar-refractivity contribution >= 4 is 56.4 Å². The van der Waals surface area contributed by atoms with Crippen molar-refractivity contribution in [1.82, 2.24) is 19.6 Å². The highest BCUT2D eigenvalue weighted by Crippen LogP contribution is 2.36. The van der Waals surface area contributed by atoms with Crippen LogP contribution >= 0.6 is 34.8 Å². The van der Waals surface area contributed by atoms with Crippen molar-refractivity contribution in [3.05, 3.63) is 109 Å². The Bertz CT molecular complexity index is 1880. The number of benzene rings is 3. The topological polar surface area (TPSA) is 105 Å². The summed E-state index contributed by atoms with van der Waals surface area (Å²) in [5.74, 6) is -0.455. The highest BCUT2D eigenvalue weighted by Gasteiger charge is 2.32. The van der Waals surface area contributed by atoms with E-state index in [4.69, 9.17) is 34.8 Å². The van der Waals surface area contributed by atoms with E-state index in [1.165, 1.54) is 10.7 Å². The van der Waals surface area contributed by atoms with Gasteiger partial charge >= 0.3 is 0 Å². The number of carbonyl (C=O) groups is 1. The van der Waals surface area contributed by atoms with Crippen LogP contribution in [0.3, 0.4) is 0 Å². The second kappa shape index (κ2) is 13.0. The van der Waals surface area contributed by atoms with Gasteiger partial charge in [-0.15, -0.1) is 0 Å². The van der Waals surface area contributed by atoms with Crippen LogP contribution in [0.15, 0.2) is 76.4 Å². The van der Waals surface area contributed by atoms with Gasteiger partial charge in [-0.3, -0.25) is 23.9 Å². The van der Waals surface area contributed by atoms with E-state index in [0.29, 0.717) is 22.9 Å². The Morgan fingerprint density at radius 2 is 1.70 bits per heavy atom. The summed E-state index contributed by atoms with van der Waals surface area (Å²) in [7, 11) is -0.708. The van der Waals surface area contributed by atoms with E-state index in [2.05, 4.69) is 14.9 Å². The van der Waals surface area contributed by atoms with Crippen LogP contribution in [-0.4, -0.2) is 48.7 Å². The van der Waals surface area contributed by atoms with E-state index in [1.54, 1.807) is 42.9 Å². The van der Waals surface area contributed by atoms with Gasteiger partial charge in [0.1, 0.15) is 10.6 Å². The zero-order valence-corrected chi connectivity index (χ0v) is 27.4. The van der Waals surface area contributed by atoms with Crippen molar-refractivity contribution in [2.75, 3.05) is 24.9 Å². The van der Waals surface area contributed by atoms with Crippen molar-refractivity contribution in [2.45, 2.75) is 30.7 Å². The molecule has 2 atom stereocenters. The molecule has 1 aromatic heterocycles. The molecule has 0 spiro atoms. The molecule has 0 aliphatic carbocycles. The number of piperidine rings is 1. The van der Waals surface area contributed by atoms with Crippen LogP contribution in [0, 0.1) is 12.8 Å². The second-order valence-electron chi connectivity index (χ2n) is 10.9. The minimum Gasteiger partial charge on any atom is -0.352 e. The average molecular weight is 677 g/mol. The van der Waals surface area contributed by atoms with E-state index in [9.17, 15) is 18.0 Å². The number of carbonyl (C=O) groups excluding carboxylic acids is 1. The maximum absolute atomic E-state index is 13.6. The molecule has 1 aliphatic heterocycles. The summed E-state index contributed by atoms with van der Waals surface area (Å²) in [4.78, 5) is 28.6. The van der Waals surface area contributed by atoms with E-state index < -0.39 is 21.5 Å². The number of para-hydroxylation sites is 1. The first-order chi connectivity index (χ1) is 20.9. The minimum absolute atomic E-state index is 0.000860. The Morgan fingerprint density at radius 1 is 0.977 bits per heavy atom. The van der Waals surface area contributed by atoms with E-state index in [0.717, 1.165) is 31.0 Å². The molecule has 13 heteroatoms. The van der Waals surface area contributed by atoms with Gasteiger partial charge in [-0.25, -0.2) is 13.1 Å². The van der Waals surface area contributed by atoms with Gasteiger partial charge in [0.05, 0.1) is 27.0 Å². The summed E-state index contributed by atoms with van der Waals surface area (Å²) in [6.07, 6.45) is 1.85. The number of nitrogens with one attached hydrogen (secondary N) is 2. The first kappa shape index (κ1) is 32.1. The standard InChI is InChI=1S/C31H32Cl3N5O4S/c1-19-28(31(41)39(38(19)3)23-12-5-4-6-13-23)36-44(42,43)27-16-24(25(33)17-26(27)34)30(40)35-18-21-10-8-14-37(2)29(21)20-9-7-11-22(32)15-20/h4-7,9,11-13,15-17,21,29,36H,8,10,14,18H2,1-3H3,(H,35,40). The normalized spacial score (nSPS) is 17.4. The maximum atomic E-state index is 13.6. The summed E-state index contributed by atoms with van der Waals surface area (Å²) in [6, 6.07) is 18.9. The Labute approximate surface area is 271 Å². The number of amides is 1. The highest BCUT2D eigenvalue weighted by atomic mass is 35.5. The predicted molar refractivity (Wildman–Crippen MR) is 175 cm³/mol. The Kier molecular flexibility index (Phi) is 9.48. The lowest BCUT2D eigenvalue weighted by Gasteiger charge is -2.39. The van der Waals surface area contributed by atoms with E-state index in [1.807, 2.05) is 37.4 Å². The number of aromatic nitrogens is 2. The summed E-state index contributed by atoms with van der Waals surface area (Å²) in [5, 5.41) is 3.40. The summed E-state index contributed by atoms with van der Waals surface area (Å²) < 4.78 is 32.5. The molecule has 2 unspecified atom stereocenters. The molecule has 0 radical (unpaired) electrons. The molecule has 1 aliphatic rings. The third-order valence-electron chi connectivity index (χ3n) is 8.07. The molecule has 1 saturated heterocycles. The maximum Gasteiger partial charge on any atom is 0.296 e. The number of sulfonamides is 1. The molecule has 9 nitrogen and oxygen atoms in total. The third kappa shape index (κ3) is 6.41. The number of likely N-dealkylation sites (tertiary alicyclic amines) is 1. The molecule has 1 fully saturated rings. The van der Waals surface area contributed by atoms with Gasteiger partial charge in [0.25, 0.3) is 21.5 Å². The lowest BCUT2D eigenvalue weighted by Crippen LogP contribution is -2.41. The Hall–Kier alpha value is -3.28. The van der Waals surface area contributed by atoms with Crippen LogP contribution in [0.2, 0.25) is 15.1 Å². The fraction of sp³-hybridized carbons (Fsp3) is 0.290. The molecule has 0 saturated carbocycles. The van der Waals surface area contributed by atoms with Crippen molar-refractivity contribution in [3.8, 4) is 5.69 Å². The van der Waals surface area contributed by atoms with Gasteiger partial charge in [-0.05, 0) is 81.2 Å². The molecular weight excluding hydrogens is 645 g/mol. The molecule has 2 N–H and O–H groups in total. The number of halogens is 3. The molecule has 3 aromatic carbocycles. The van der Waals surface area contributed by atoms with Crippen LogP contribution in [0.25, 0.3) is 5.69 Å². The zero-order chi connectivity index (χ0) is 31.8. The summed E-state index contributed by atoms with van der Waals surface area (Å²) in [5.41, 5.74) is 1.27. The fourth-order valence-corrected chi connectivity index (χ4v) is 7.97. The van der Waals surface area contributed by atoms with E-state index in [-0.39, 0.29) is 38.2 Å². The first-order valence-electron chi connectivity index (χ1n) is 14.0. The smallest absolute Gasteiger partial charge is 0.296 e. The number of hydrogen-bond acceptors (Lipinski definition) is 5. The molecule has 5 rings (SSSR count). The molecule has 4 aromatic rings. The highest BCUT2D eigenvalue weighted by molar-refractivity contribution is 7.92. The third-order valence-corrected chi connectivity index (χ3v) is 10.4. The van der Waals surface area contributed by atoms with Gasteiger partial charge in [0.15, 0.2) is 0 Å². The fourth-order valence-electron chi connectivity index (χ4n) is 5.79. The average Bonchev–Trinajstić information content (AvgIpc) is 3.18. The van der Waals surface area contributed by atoms with Crippen molar-refractivity contribution in [2.24, 2.45) is 13.0 Å². The molecule has 44 heavy (non-hydrogen) atoms. The predicted octanol–water partition coefficient (Wildman–Crippen LogP) is 6.06. The van der Waals surface area contributed by atoms with Crippen LogP contribution in [0.5, 0.6) is 0 Å². The van der Waals surface area contributed by atoms with Gasteiger partial charge in [0.2, 0.25) is 0 Å². The van der Waals surface area contributed by atoms with Crippen LogP contribution in [-0.2, 0) is 17.1 Å². The molecule has 2 heterocycles. The number of anilines is 1. The van der Waals surface area contributed by atoms with Crippen molar-refractivity contribution in [3.63, 3.8) is 0 Å². The zero-order valence-electron chi connectivity index (χ0n) is 24.4. The SMILES string of the molecule is Cc1c(NS(=O)(=O)c2cc(C(=O)NCC3CCCN(C)C3c3cccc(Cl)c3)c(Cl)cc2Cl)c(=O)n(-c2ccccc2)n1C. The largest absolute Gasteiger partial charge is 0.352 e. The monoisotopic (exact) mass is 675 g/mol. The summed E-state index contributed by atoms with van der Waals surface area (Å²) in [6.45, 7) is 2.87. The minimum atomic E-state index is -4.41. The second-order valence-corrected chi connectivity index (χ2v) is 13.8. The van der Waals surface area contributed by atoms with Gasteiger partial charge in [-0.1, -0.05) is 65.1 Å². The Morgan fingerprint density at radius 3 is 2.41 bits per heavy atom. The lowest BCUT2D eigenvalue weighted by atomic mass is 9.85. The summed E-state index contributed by atoms with van der Waals surface area (Å²) >= 11 is 19.0. The van der Waals surface area contributed by atoms with Crippen LogP contribution < -0.4 is 15.6 Å². The molecule has 232 valence electrons. The molecular formula is C31H32Cl3N5O4S. The van der Waals surface area contributed by atoms with Gasteiger partial charge in [-0.2, -0.15) is 0 Å². The van der Waals surface area contributed by atoms with Gasteiger partial charge in [0, 0.05) is 24.7 Å². The van der Waals surface area contributed by atoms with Crippen LogP contribution in [0.4, 0.5) is 5.69 Å². The molecule has 1 amide bonds. The first-order valence-corrected chi connectivity index (χ1v) is 16.6. The van der Waals surface area contributed by atoms with E-state index >= 15 is 0 Å². The van der Waals surface area contributed by atoms with Crippen LogP contribution in [0.1, 0.15) is 40.5 Å². The Balaban J connectivity index is 1.40. The lowest BCUT2D eigenvalue weighted by molar-refractivity contribution is 0.0891. The quantitative estimate of drug-likeness (QED) is 0.236. The number of hydrogen-bond donors (Lipinski definition) is 2. The molecule has 0 bridgehead atoms. The number of rotatable bonds is 8. The van der Waals surface area contributed by atoms with Gasteiger partial charge < -0.3 is 5.32 Å².